The van der Waals surface area contributed by atoms with Gasteiger partial charge in [0.25, 0.3) is 0 Å². The molecule has 1 aromatic heterocycles. The van der Waals surface area contributed by atoms with Crippen molar-refractivity contribution in [3.63, 3.8) is 0 Å². The molecule has 1 amide bonds. The Morgan fingerprint density at radius 1 is 1.32 bits per heavy atom. The Balaban J connectivity index is 2.00. The third kappa shape index (κ3) is 4.21. The van der Waals surface area contributed by atoms with Crippen molar-refractivity contribution in [1.82, 2.24) is 9.88 Å². The summed E-state index contributed by atoms with van der Waals surface area (Å²) in [5, 5.41) is 1.17. The fraction of sp³-hybridized carbons (Fsp3) is 0.294. The van der Waals surface area contributed by atoms with Gasteiger partial charge in [-0.05, 0) is 42.7 Å². The molecule has 2 aromatic rings. The fourth-order valence-electron chi connectivity index (χ4n) is 2.24. The Kier molecular flexibility index (Phi) is 5.81. The summed E-state index contributed by atoms with van der Waals surface area (Å²) >= 11 is 12.1. The van der Waals surface area contributed by atoms with Crippen LogP contribution in [0.1, 0.15) is 30.5 Å². The molecule has 1 heterocycles. The average molecular weight is 337 g/mol. The lowest BCUT2D eigenvalue weighted by molar-refractivity contribution is -0.131. The molecule has 22 heavy (non-hydrogen) atoms. The largest absolute Gasteiger partial charge is 0.339 e. The zero-order valence-corrected chi connectivity index (χ0v) is 14.1. The summed E-state index contributed by atoms with van der Waals surface area (Å²) < 4.78 is 0. The number of carbonyl (C=O) groups is 1. The Morgan fingerprint density at radius 3 is 2.73 bits per heavy atom. The van der Waals surface area contributed by atoms with Crippen LogP contribution in [0.25, 0.3) is 0 Å². The summed E-state index contributed by atoms with van der Waals surface area (Å²) in [4.78, 5) is 18.1. The van der Waals surface area contributed by atoms with Crippen molar-refractivity contribution in [3.8, 4) is 0 Å². The molecule has 0 N–H and O–H groups in total. The molecule has 3 nitrogen and oxygen atoms in total. The minimum absolute atomic E-state index is 0.0716. The van der Waals surface area contributed by atoms with E-state index < -0.39 is 0 Å². The summed E-state index contributed by atoms with van der Waals surface area (Å²) in [6.07, 6.45) is 4.63. The van der Waals surface area contributed by atoms with Crippen LogP contribution in [-0.2, 0) is 11.2 Å². The Labute approximate surface area is 140 Å². The van der Waals surface area contributed by atoms with E-state index >= 15 is 0 Å². The van der Waals surface area contributed by atoms with Gasteiger partial charge in [0.1, 0.15) is 0 Å². The summed E-state index contributed by atoms with van der Waals surface area (Å²) in [5.41, 5.74) is 1.95. The van der Waals surface area contributed by atoms with E-state index in [9.17, 15) is 4.79 Å². The van der Waals surface area contributed by atoms with E-state index in [0.717, 1.165) is 11.1 Å². The molecule has 0 fully saturated rings. The third-order valence-corrected chi connectivity index (χ3v) is 4.30. The number of pyridine rings is 1. The van der Waals surface area contributed by atoms with Gasteiger partial charge in [-0.3, -0.25) is 9.78 Å². The fourth-order valence-corrected chi connectivity index (χ4v) is 2.80. The van der Waals surface area contributed by atoms with Crippen molar-refractivity contribution in [2.45, 2.75) is 25.8 Å². The normalized spacial score (nSPS) is 12.0. The van der Waals surface area contributed by atoms with Gasteiger partial charge in [-0.25, -0.2) is 0 Å². The monoisotopic (exact) mass is 336 g/mol. The minimum atomic E-state index is -0.105. The van der Waals surface area contributed by atoms with Gasteiger partial charge < -0.3 is 4.90 Å². The van der Waals surface area contributed by atoms with Crippen molar-refractivity contribution in [2.75, 3.05) is 7.05 Å². The molecule has 1 atom stereocenters. The molecule has 0 spiro atoms. The highest BCUT2D eigenvalue weighted by Crippen LogP contribution is 2.29. The van der Waals surface area contributed by atoms with Crippen LogP contribution in [0.2, 0.25) is 10.0 Å². The summed E-state index contributed by atoms with van der Waals surface area (Å²) in [6.45, 7) is 1.96. The molecule has 0 aliphatic rings. The lowest BCUT2D eigenvalue weighted by atomic mass is 10.1. The van der Waals surface area contributed by atoms with Gasteiger partial charge >= 0.3 is 0 Å². The molecular formula is C17H18Cl2N2O. The smallest absolute Gasteiger partial charge is 0.223 e. The maximum atomic E-state index is 12.3. The standard InChI is InChI=1S/C17H18Cl2N2O/c1-12(15-7-6-14(18)10-16(15)19)21(2)17(22)8-5-13-4-3-9-20-11-13/h3-4,6-7,9-12H,5,8H2,1-2H3. The van der Waals surface area contributed by atoms with Crippen molar-refractivity contribution >= 4 is 29.1 Å². The summed E-state index contributed by atoms with van der Waals surface area (Å²) in [6, 6.07) is 9.08. The zero-order chi connectivity index (χ0) is 16.1. The second-order valence-corrected chi connectivity index (χ2v) is 6.05. The van der Waals surface area contributed by atoms with Gasteiger partial charge in [0.05, 0.1) is 6.04 Å². The molecule has 0 aliphatic heterocycles. The first-order valence-corrected chi connectivity index (χ1v) is 7.84. The molecule has 0 saturated heterocycles. The van der Waals surface area contributed by atoms with E-state index in [1.54, 1.807) is 36.5 Å². The molecule has 5 heteroatoms. The SMILES string of the molecule is CC(c1ccc(Cl)cc1Cl)N(C)C(=O)CCc1cccnc1. The maximum absolute atomic E-state index is 12.3. The number of halogens is 2. The molecule has 116 valence electrons. The molecule has 1 aromatic carbocycles. The van der Waals surface area contributed by atoms with Crippen molar-refractivity contribution in [3.05, 3.63) is 63.9 Å². The highest BCUT2D eigenvalue weighted by Gasteiger charge is 2.19. The van der Waals surface area contributed by atoms with Crippen LogP contribution in [0.15, 0.2) is 42.7 Å². The molecule has 2 rings (SSSR count). The molecule has 0 bridgehead atoms. The quantitative estimate of drug-likeness (QED) is 0.802. The summed E-state index contributed by atoms with van der Waals surface area (Å²) in [7, 11) is 1.79. The number of amides is 1. The number of hydrogen-bond donors (Lipinski definition) is 0. The van der Waals surface area contributed by atoms with E-state index in [4.69, 9.17) is 23.2 Å². The van der Waals surface area contributed by atoms with Crippen LogP contribution in [0.4, 0.5) is 0 Å². The van der Waals surface area contributed by atoms with Gasteiger partial charge in [0.2, 0.25) is 5.91 Å². The highest BCUT2D eigenvalue weighted by molar-refractivity contribution is 6.35. The zero-order valence-electron chi connectivity index (χ0n) is 12.6. The topological polar surface area (TPSA) is 33.2 Å². The number of aryl methyl sites for hydroxylation is 1. The third-order valence-electron chi connectivity index (χ3n) is 3.74. The lowest BCUT2D eigenvalue weighted by Crippen LogP contribution is -2.30. The minimum Gasteiger partial charge on any atom is -0.339 e. The van der Waals surface area contributed by atoms with Gasteiger partial charge in [-0.2, -0.15) is 0 Å². The van der Waals surface area contributed by atoms with Gasteiger partial charge in [0.15, 0.2) is 0 Å². The number of carbonyl (C=O) groups excluding carboxylic acids is 1. The van der Waals surface area contributed by atoms with E-state index in [0.29, 0.717) is 22.9 Å². The maximum Gasteiger partial charge on any atom is 0.223 e. The van der Waals surface area contributed by atoms with Crippen LogP contribution in [0.5, 0.6) is 0 Å². The van der Waals surface area contributed by atoms with E-state index in [-0.39, 0.29) is 11.9 Å². The van der Waals surface area contributed by atoms with Crippen LogP contribution in [0, 0.1) is 0 Å². The summed E-state index contributed by atoms with van der Waals surface area (Å²) in [5.74, 6) is 0.0716. The van der Waals surface area contributed by atoms with Gasteiger partial charge in [-0.1, -0.05) is 35.3 Å². The van der Waals surface area contributed by atoms with Crippen LogP contribution in [-0.4, -0.2) is 22.8 Å². The number of nitrogens with zero attached hydrogens (tertiary/aromatic N) is 2. The first-order valence-electron chi connectivity index (χ1n) is 7.08. The predicted molar refractivity (Wildman–Crippen MR) is 90.2 cm³/mol. The van der Waals surface area contributed by atoms with Gasteiger partial charge in [-0.15, -0.1) is 0 Å². The second kappa shape index (κ2) is 7.61. The second-order valence-electron chi connectivity index (χ2n) is 5.21. The molecular weight excluding hydrogens is 319 g/mol. The first kappa shape index (κ1) is 16.8. The molecule has 0 aliphatic carbocycles. The van der Waals surface area contributed by atoms with Crippen LogP contribution >= 0.6 is 23.2 Å². The Bertz CT molecular complexity index is 646. The van der Waals surface area contributed by atoms with E-state index in [1.165, 1.54) is 0 Å². The van der Waals surface area contributed by atoms with Crippen molar-refractivity contribution < 1.29 is 4.79 Å². The first-order chi connectivity index (χ1) is 10.5. The van der Waals surface area contributed by atoms with Gasteiger partial charge in [0, 0.05) is 35.9 Å². The molecule has 0 radical (unpaired) electrons. The average Bonchev–Trinajstić information content (AvgIpc) is 2.52. The number of benzene rings is 1. The Morgan fingerprint density at radius 2 is 2.09 bits per heavy atom. The van der Waals surface area contributed by atoms with Crippen molar-refractivity contribution in [1.29, 1.82) is 0 Å². The van der Waals surface area contributed by atoms with E-state index in [2.05, 4.69) is 4.98 Å². The number of rotatable bonds is 5. The Hall–Kier alpha value is -1.58. The highest BCUT2D eigenvalue weighted by atomic mass is 35.5. The molecule has 0 saturated carbocycles. The number of hydrogen-bond acceptors (Lipinski definition) is 2. The lowest BCUT2D eigenvalue weighted by Gasteiger charge is -2.26. The predicted octanol–water partition coefficient (Wildman–Crippen LogP) is 4.54. The number of aromatic nitrogens is 1. The van der Waals surface area contributed by atoms with Crippen LogP contribution in [0.3, 0.4) is 0 Å². The molecule has 1 unspecified atom stereocenters. The van der Waals surface area contributed by atoms with E-state index in [1.807, 2.05) is 25.1 Å². The van der Waals surface area contributed by atoms with Crippen LogP contribution < -0.4 is 0 Å². The van der Waals surface area contributed by atoms with Crippen molar-refractivity contribution in [2.24, 2.45) is 0 Å².